The molecule has 6 heteroatoms. The van der Waals surface area contributed by atoms with E-state index in [1.807, 2.05) is 0 Å². The fourth-order valence-corrected chi connectivity index (χ4v) is 1.32. The Morgan fingerprint density at radius 3 is 2.36 bits per heavy atom. The topological polar surface area (TPSA) is 25.8 Å². The third-order valence-electron chi connectivity index (χ3n) is 1.59. The van der Waals surface area contributed by atoms with E-state index in [1.54, 1.807) is 0 Å². The van der Waals surface area contributed by atoms with Crippen molar-refractivity contribution in [1.29, 1.82) is 0 Å². The fraction of sp³-hybridized carbons (Fsp3) is 0.375. The molecule has 77 valence electrons. The standard InChI is InChI=1S/C8H7ClF3N2/c1-3-5-6(8(10,11)12)13-4(2)14-7(5)9/h1,3H2,2H3. The predicted molar refractivity (Wildman–Crippen MR) is 45.8 cm³/mol. The summed E-state index contributed by atoms with van der Waals surface area (Å²) < 4.78 is 37.3. The average Bonchev–Trinajstić information content (AvgIpc) is 2.01. The van der Waals surface area contributed by atoms with Crippen LogP contribution in [0.15, 0.2) is 0 Å². The molecule has 0 aromatic carbocycles. The van der Waals surface area contributed by atoms with Crippen molar-refractivity contribution in [3.05, 3.63) is 29.2 Å². The van der Waals surface area contributed by atoms with Gasteiger partial charge in [0.1, 0.15) is 11.0 Å². The van der Waals surface area contributed by atoms with Crippen LogP contribution in [0.4, 0.5) is 13.2 Å². The third kappa shape index (κ3) is 2.15. The van der Waals surface area contributed by atoms with E-state index in [0.717, 1.165) is 0 Å². The summed E-state index contributed by atoms with van der Waals surface area (Å²) in [6, 6.07) is 0. The minimum atomic E-state index is -4.51. The first-order valence-electron chi connectivity index (χ1n) is 3.75. The fourth-order valence-electron chi connectivity index (χ4n) is 1.02. The maximum Gasteiger partial charge on any atom is 0.433 e. The molecule has 14 heavy (non-hydrogen) atoms. The Morgan fingerprint density at radius 1 is 1.36 bits per heavy atom. The van der Waals surface area contributed by atoms with E-state index in [4.69, 9.17) is 11.6 Å². The largest absolute Gasteiger partial charge is 0.433 e. The second kappa shape index (κ2) is 3.73. The second-order valence-corrected chi connectivity index (χ2v) is 2.99. The first-order valence-corrected chi connectivity index (χ1v) is 4.13. The van der Waals surface area contributed by atoms with E-state index in [-0.39, 0.29) is 23.0 Å². The zero-order valence-electron chi connectivity index (χ0n) is 7.32. The molecule has 0 N–H and O–H groups in total. The molecule has 0 saturated heterocycles. The van der Waals surface area contributed by atoms with Gasteiger partial charge in [0, 0.05) is 5.56 Å². The summed E-state index contributed by atoms with van der Waals surface area (Å²) in [5.74, 6) is -0.000440. The van der Waals surface area contributed by atoms with Crippen LogP contribution in [0.25, 0.3) is 0 Å². The predicted octanol–water partition coefficient (Wildman–Crippen LogP) is 2.83. The van der Waals surface area contributed by atoms with Crippen molar-refractivity contribution in [3.63, 3.8) is 0 Å². The van der Waals surface area contributed by atoms with E-state index in [2.05, 4.69) is 16.9 Å². The van der Waals surface area contributed by atoms with Crippen LogP contribution in [-0.2, 0) is 12.6 Å². The first-order chi connectivity index (χ1) is 6.36. The quantitative estimate of drug-likeness (QED) is 0.685. The molecule has 0 atom stereocenters. The molecule has 0 aliphatic rings. The number of rotatable bonds is 1. The van der Waals surface area contributed by atoms with Gasteiger partial charge in [-0.05, 0) is 20.3 Å². The molecule has 1 radical (unpaired) electrons. The summed E-state index contributed by atoms with van der Waals surface area (Å²) in [7, 11) is 0. The van der Waals surface area contributed by atoms with Gasteiger partial charge in [-0.1, -0.05) is 11.6 Å². The van der Waals surface area contributed by atoms with Crippen LogP contribution in [0.1, 0.15) is 17.1 Å². The van der Waals surface area contributed by atoms with Crippen LogP contribution in [0.5, 0.6) is 0 Å². The van der Waals surface area contributed by atoms with Gasteiger partial charge in [-0.3, -0.25) is 0 Å². The summed E-state index contributed by atoms with van der Waals surface area (Å²) >= 11 is 5.55. The van der Waals surface area contributed by atoms with Crippen molar-refractivity contribution in [1.82, 2.24) is 9.97 Å². The monoisotopic (exact) mass is 223 g/mol. The van der Waals surface area contributed by atoms with Gasteiger partial charge in [0.2, 0.25) is 0 Å². The van der Waals surface area contributed by atoms with Gasteiger partial charge in [0.25, 0.3) is 0 Å². The van der Waals surface area contributed by atoms with Crippen LogP contribution < -0.4 is 0 Å². The molecule has 1 aromatic rings. The molecule has 1 heterocycles. The van der Waals surface area contributed by atoms with Crippen LogP contribution >= 0.6 is 11.6 Å². The summed E-state index contributed by atoms with van der Waals surface area (Å²) in [5.41, 5.74) is -1.16. The molecule has 1 rings (SSSR count). The zero-order valence-corrected chi connectivity index (χ0v) is 8.08. The minimum Gasteiger partial charge on any atom is -0.228 e. The molecule has 0 amide bonds. The minimum absolute atomic E-state index is 0.000440. The molecule has 0 unspecified atom stereocenters. The number of hydrogen-bond acceptors (Lipinski definition) is 2. The smallest absolute Gasteiger partial charge is 0.228 e. The first kappa shape index (κ1) is 11.2. The van der Waals surface area contributed by atoms with Crippen LogP contribution in [0, 0.1) is 13.8 Å². The highest BCUT2D eigenvalue weighted by Crippen LogP contribution is 2.32. The number of halogens is 4. The van der Waals surface area contributed by atoms with Crippen molar-refractivity contribution in [2.75, 3.05) is 0 Å². The van der Waals surface area contributed by atoms with Crippen LogP contribution in [-0.4, -0.2) is 9.97 Å². The second-order valence-electron chi connectivity index (χ2n) is 2.64. The van der Waals surface area contributed by atoms with Gasteiger partial charge in [-0.15, -0.1) is 0 Å². The molecular weight excluding hydrogens is 217 g/mol. The summed E-state index contributed by atoms with van der Waals surface area (Å²) in [6.07, 6.45) is -4.60. The maximum absolute atomic E-state index is 12.4. The number of hydrogen-bond donors (Lipinski definition) is 0. The van der Waals surface area contributed by atoms with Gasteiger partial charge in [0.05, 0.1) is 0 Å². The Morgan fingerprint density at radius 2 is 1.93 bits per heavy atom. The lowest BCUT2D eigenvalue weighted by Gasteiger charge is -2.11. The van der Waals surface area contributed by atoms with Gasteiger partial charge in [-0.25, -0.2) is 9.97 Å². The highest BCUT2D eigenvalue weighted by molar-refractivity contribution is 6.30. The lowest BCUT2D eigenvalue weighted by atomic mass is 10.2. The molecular formula is C8H7ClF3N2. The van der Waals surface area contributed by atoms with Crippen molar-refractivity contribution in [2.45, 2.75) is 19.5 Å². The lowest BCUT2D eigenvalue weighted by molar-refractivity contribution is -0.141. The number of nitrogens with zero attached hydrogens (tertiary/aromatic N) is 2. The van der Waals surface area contributed by atoms with E-state index >= 15 is 0 Å². The molecule has 0 aliphatic heterocycles. The molecule has 2 nitrogen and oxygen atoms in total. The Hall–Kier alpha value is -0.840. The Kier molecular flexibility index (Phi) is 2.99. The highest BCUT2D eigenvalue weighted by atomic mass is 35.5. The van der Waals surface area contributed by atoms with Gasteiger partial charge >= 0.3 is 6.18 Å². The van der Waals surface area contributed by atoms with E-state index in [9.17, 15) is 13.2 Å². The Balaban J connectivity index is 3.40. The summed E-state index contributed by atoms with van der Waals surface area (Å²) in [4.78, 5) is 6.95. The van der Waals surface area contributed by atoms with E-state index < -0.39 is 11.9 Å². The average molecular weight is 224 g/mol. The molecule has 1 aromatic heterocycles. The Bertz CT molecular complexity index is 349. The molecule has 0 spiro atoms. The summed E-state index contributed by atoms with van der Waals surface area (Å²) in [5, 5.41) is -0.181. The molecule has 0 bridgehead atoms. The third-order valence-corrected chi connectivity index (χ3v) is 1.90. The van der Waals surface area contributed by atoms with Crippen LogP contribution in [0.2, 0.25) is 5.15 Å². The van der Waals surface area contributed by atoms with E-state index in [1.165, 1.54) is 6.92 Å². The number of aromatic nitrogens is 2. The summed E-state index contributed by atoms with van der Waals surface area (Å²) in [6.45, 7) is 4.71. The molecule has 0 aliphatic carbocycles. The van der Waals surface area contributed by atoms with Crippen LogP contribution in [0.3, 0.4) is 0 Å². The van der Waals surface area contributed by atoms with Crippen molar-refractivity contribution in [3.8, 4) is 0 Å². The number of alkyl halides is 3. The molecule has 0 saturated carbocycles. The number of aryl methyl sites for hydroxylation is 1. The highest BCUT2D eigenvalue weighted by Gasteiger charge is 2.36. The zero-order chi connectivity index (χ0) is 10.9. The SMILES string of the molecule is [CH2]Cc1c(Cl)nc(C)nc1C(F)(F)F. The van der Waals surface area contributed by atoms with Crippen molar-refractivity contribution in [2.24, 2.45) is 0 Å². The maximum atomic E-state index is 12.4. The van der Waals surface area contributed by atoms with E-state index in [0.29, 0.717) is 0 Å². The van der Waals surface area contributed by atoms with Gasteiger partial charge in [-0.2, -0.15) is 13.2 Å². The normalized spacial score (nSPS) is 11.9. The van der Waals surface area contributed by atoms with Gasteiger partial charge < -0.3 is 0 Å². The van der Waals surface area contributed by atoms with Gasteiger partial charge in [0.15, 0.2) is 5.69 Å². The van der Waals surface area contributed by atoms with Crippen molar-refractivity contribution < 1.29 is 13.2 Å². The van der Waals surface area contributed by atoms with Crippen molar-refractivity contribution >= 4 is 11.6 Å². The lowest BCUT2D eigenvalue weighted by Crippen LogP contribution is -2.14. The molecule has 0 fully saturated rings. The Labute approximate surface area is 84.1 Å².